The number of nitrogens with zero attached hydrogens (tertiary/aromatic N) is 3. The van der Waals surface area contributed by atoms with Gasteiger partial charge in [0.1, 0.15) is 0 Å². The van der Waals surface area contributed by atoms with E-state index in [0.29, 0.717) is 6.04 Å². The number of hydrogen-bond donors (Lipinski definition) is 1. The maximum absolute atomic E-state index is 5.97. The molecule has 0 unspecified atom stereocenters. The van der Waals surface area contributed by atoms with Crippen molar-refractivity contribution in [3.05, 3.63) is 42.1 Å². The number of aryl methyl sites for hydroxylation is 1. The average Bonchev–Trinajstić information content (AvgIpc) is 2.56. The van der Waals surface area contributed by atoms with Crippen LogP contribution in [0.4, 0.5) is 5.95 Å². The van der Waals surface area contributed by atoms with Crippen molar-refractivity contribution in [1.82, 2.24) is 9.97 Å². The van der Waals surface area contributed by atoms with E-state index < -0.39 is 0 Å². The van der Waals surface area contributed by atoms with E-state index in [1.165, 1.54) is 5.56 Å². The largest absolute Gasteiger partial charge is 0.341 e. The minimum absolute atomic E-state index is 0.324. The van der Waals surface area contributed by atoms with Crippen LogP contribution in [-0.4, -0.2) is 29.1 Å². The van der Waals surface area contributed by atoms with E-state index in [2.05, 4.69) is 41.1 Å². The summed E-state index contributed by atoms with van der Waals surface area (Å²) < 4.78 is 0. The van der Waals surface area contributed by atoms with Crippen LogP contribution in [0.1, 0.15) is 25.3 Å². The first-order chi connectivity index (χ1) is 10.3. The standard InChI is InChI=1S/C17H22N4/c1-2-13-12-19-17(21-10-8-15(18)9-11-21)20-16(13)14-6-4-3-5-7-14/h3-7,12,15H,2,8-11,18H2,1H3. The van der Waals surface area contributed by atoms with Gasteiger partial charge in [0.25, 0.3) is 0 Å². The average molecular weight is 282 g/mol. The highest BCUT2D eigenvalue weighted by Gasteiger charge is 2.19. The molecule has 0 amide bonds. The van der Waals surface area contributed by atoms with Crippen LogP contribution in [0.3, 0.4) is 0 Å². The lowest BCUT2D eigenvalue weighted by Gasteiger charge is -2.30. The molecule has 1 aliphatic rings. The number of nitrogens with two attached hydrogens (primary N) is 1. The molecule has 0 saturated carbocycles. The predicted molar refractivity (Wildman–Crippen MR) is 86.3 cm³/mol. The smallest absolute Gasteiger partial charge is 0.225 e. The van der Waals surface area contributed by atoms with Crippen LogP contribution in [0.5, 0.6) is 0 Å². The Bertz CT molecular complexity index is 589. The molecule has 1 aliphatic heterocycles. The Labute approximate surface area is 126 Å². The monoisotopic (exact) mass is 282 g/mol. The molecule has 2 aromatic rings. The summed E-state index contributed by atoms with van der Waals surface area (Å²) in [6.07, 6.45) is 4.94. The van der Waals surface area contributed by atoms with Gasteiger partial charge in [0.15, 0.2) is 0 Å². The first kappa shape index (κ1) is 14.0. The van der Waals surface area contributed by atoms with Crippen LogP contribution >= 0.6 is 0 Å². The molecule has 0 radical (unpaired) electrons. The van der Waals surface area contributed by atoms with Crippen LogP contribution < -0.4 is 10.6 Å². The second-order valence-electron chi connectivity index (χ2n) is 5.59. The summed E-state index contributed by atoms with van der Waals surface area (Å²) in [7, 11) is 0. The van der Waals surface area contributed by atoms with Crippen molar-refractivity contribution in [2.24, 2.45) is 5.73 Å². The quantitative estimate of drug-likeness (QED) is 0.940. The molecule has 1 aromatic carbocycles. The van der Waals surface area contributed by atoms with Crippen molar-refractivity contribution in [3.8, 4) is 11.3 Å². The number of benzene rings is 1. The first-order valence-electron chi connectivity index (χ1n) is 7.69. The lowest BCUT2D eigenvalue weighted by Crippen LogP contribution is -2.40. The Kier molecular flexibility index (Phi) is 4.15. The highest BCUT2D eigenvalue weighted by molar-refractivity contribution is 5.64. The van der Waals surface area contributed by atoms with Gasteiger partial charge in [-0.15, -0.1) is 0 Å². The van der Waals surface area contributed by atoms with Gasteiger partial charge in [-0.3, -0.25) is 0 Å². The predicted octanol–water partition coefficient (Wildman–Crippen LogP) is 2.63. The van der Waals surface area contributed by atoms with Crippen LogP contribution in [0.25, 0.3) is 11.3 Å². The first-order valence-corrected chi connectivity index (χ1v) is 7.69. The van der Waals surface area contributed by atoms with Gasteiger partial charge in [0.05, 0.1) is 5.69 Å². The number of anilines is 1. The number of aromatic nitrogens is 2. The molecule has 3 rings (SSSR count). The van der Waals surface area contributed by atoms with Gasteiger partial charge in [-0.05, 0) is 24.8 Å². The maximum Gasteiger partial charge on any atom is 0.225 e. The zero-order valence-electron chi connectivity index (χ0n) is 12.5. The second-order valence-corrected chi connectivity index (χ2v) is 5.59. The highest BCUT2D eigenvalue weighted by atomic mass is 15.3. The minimum atomic E-state index is 0.324. The SMILES string of the molecule is CCc1cnc(N2CCC(N)CC2)nc1-c1ccccc1. The molecule has 2 N–H and O–H groups in total. The molecule has 0 bridgehead atoms. The van der Waals surface area contributed by atoms with Crippen molar-refractivity contribution in [2.75, 3.05) is 18.0 Å². The summed E-state index contributed by atoms with van der Waals surface area (Å²) in [6, 6.07) is 10.7. The molecule has 0 atom stereocenters. The summed E-state index contributed by atoms with van der Waals surface area (Å²) in [5.41, 5.74) is 9.38. The van der Waals surface area contributed by atoms with Crippen LogP contribution in [0, 0.1) is 0 Å². The zero-order chi connectivity index (χ0) is 14.7. The van der Waals surface area contributed by atoms with Crippen molar-refractivity contribution in [3.63, 3.8) is 0 Å². The summed E-state index contributed by atoms with van der Waals surface area (Å²) >= 11 is 0. The van der Waals surface area contributed by atoms with E-state index in [-0.39, 0.29) is 0 Å². The molecule has 2 heterocycles. The van der Waals surface area contributed by atoms with Crippen molar-refractivity contribution in [2.45, 2.75) is 32.2 Å². The molecule has 4 nitrogen and oxygen atoms in total. The fourth-order valence-corrected chi connectivity index (χ4v) is 2.75. The van der Waals surface area contributed by atoms with Crippen molar-refractivity contribution >= 4 is 5.95 Å². The Morgan fingerprint density at radius 2 is 1.90 bits per heavy atom. The van der Waals surface area contributed by atoms with Crippen LogP contribution in [0.15, 0.2) is 36.5 Å². The van der Waals surface area contributed by atoms with Gasteiger partial charge in [0.2, 0.25) is 5.95 Å². The van der Waals surface area contributed by atoms with Gasteiger partial charge < -0.3 is 10.6 Å². The number of hydrogen-bond acceptors (Lipinski definition) is 4. The summed E-state index contributed by atoms with van der Waals surface area (Å²) in [5.74, 6) is 0.831. The second kappa shape index (κ2) is 6.22. The van der Waals surface area contributed by atoms with Crippen molar-refractivity contribution in [1.29, 1.82) is 0 Å². The molecule has 0 aliphatic carbocycles. The zero-order valence-corrected chi connectivity index (χ0v) is 12.5. The fraction of sp³-hybridized carbons (Fsp3) is 0.412. The Morgan fingerprint density at radius 1 is 1.19 bits per heavy atom. The molecule has 1 fully saturated rings. The molecule has 1 aromatic heterocycles. The third-order valence-electron chi connectivity index (χ3n) is 4.10. The third-order valence-corrected chi connectivity index (χ3v) is 4.10. The Hall–Kier alpha value is -1.94. The maximum atomic E-state index is 5.97. The van der Waals surface area contributed by atoms with Gasteiger partial charge in [-0.2, -0.15) is 0 Å². The Morgan fingerprint density at radius 3 is 2.57 bits per heavy atom. The van der Waals surface area contributed by atoms with Gasteiger partial charge in [-0.1, -0.05) is 37.3 Å². The highest BCUT2D eigenvalue weighted by Crippen LogP contribution is 2.24. The molecule has 1 saturated heterocycles. The van der Waals surface area contributed by atoms with E-state index in [1.807, 2.05) is 12.3 Å². The van der Waals surface area contributed by atoms with E-state index >= 15 is 0 Å². The topological polar surface area (TPSA) is 55.0 Å². The molecule has 21 heavy (non-hydrogen) atoms. The summed E-state index contributed by atoms with van der Waals surface area (Å²) in [5, 5.41) is 0. The third kappa shape index (κ3) is 3.05. The normalized spacial score (nSPS) is 16.2. The van der Waals surface area contributed by atoms with Gasteiger partial charge >= 0.3 is 0 Å². The van der Waals surface area contributed by atoms with E-state index in [4.69, 9.17) is 10.7 Å². The summed E-state index contributed by atoms with van der Waals surface area (Å²) in [6.45, 7) is 4.03. The van der Waals surface area contributed by atoms with Crippen molar-refractivity contribution < 1.29 is 0 Å². The lowest BCUT2D eigenvalue weighted by atomic mass is 10.1. The van der Waals surface area contributed by atoms with E-state index in [9.17, 15) is 0 Å². The molecular formula is C17H22N4. The molecule has 110 valence electrons. The molecule has 0 spiro atoms. The van der Waals surface area contributed by atoms with Gasteiger partial charge in [-0.25, -0.2) is 9.97 Å². The number of rotatable bonds is 3. The number of piperidine rings is 1. The van der Waals surface area contributed by atoms with E-state index in [1.54, 1.807) is 0 Å². The molecular weight excluding hydrogens is 260 g/mol. The lowest BCUT2D eigenvalue weighted by molar-refractivity contribution is 0.495. The van der Waals surface area contributed by atoms with Crippen LogP contribution in [-0.2, 0) is 6.42 Å². The van der Waals surface area contributed by atoms with Gasteiger partial charge in [0, 0.05) is 30.9 Å². The summed E-state index contributed by atoms with van der Waals surface area (Å²) in [4.78, 5) is 11.6. The fourth-order valence-electron chi connectivity index (χ4n) is 2.75. The minimum Gasteiger partial charge on any atom is -0.341 e. The van der Waals surface area contributed by atoms with Crippen LogP contribution in [0.2, 0.25) is 0 Å². The Balaban J connectivity index is 1.94. The molecule has 4 heteroatoms. The van der Waals surface area contributed by atoms with E-state index in [0.717, 1.165) is 49.6 Å².